The van der Waals surface area contributed by atoms with Crippen molar-refractivity contribution >= 4 is 40.3 Å². The number of pyridine rings is 1. The Labute approximate surface area is 138 Å². The Hall–Kier alpha value is -1.85. The predicted octanol–water partition coefficient (Wildman–Crippen LogP) is 3.51. The van der Waals surface area contributed by atoms with Crippen molar-refractivity contribution in [2.24, 2.45) is 4.99 Å². The SMILES string of the molecule is Cc1ccnc(N=C2NC(=O)C(Cc3ccc(Cl)cc3)S2)c1. The first kappa shape index (κ1) is 15.1. The highest BCUT2D eigenvalue weighted by Crippen LogP contribution is 2.25. The number of nitrogens with zero attached hydrogens (tertiary/aromatic N) is 2. The number of aryl methyl sites for hydroxylation is 1. The zero-order valence-corrected chi connectivity index (χ0v) is 13.5. The Bertz CT molecular complexity index is 730. The molecule has 0 radical (unpaired) electrons. The number of amides is 1. The lowest BCUT2D eigenvalue weighted by molar-refractivity contribution is -0.118. The molecule has 4 nitrogen and oxygen atoms in total. The molecule has 22 heavy (non-hydrogen) atoms. The quantitative estimate of drug-likeness (QED) is 0.936. The number of halogens is 1. The van der Waals surface area contributed by atoms with Crippen LogP contribution in [0.2, 0.25) is 5.02 Å². The molecule has 1 fully saturated rings. The fourth-order valence-corrected chi connectivity index (χ4v) is 3.26. The van der Waals surface area contributed by atoms with E-state index in [0.717, 1.165) is 11.1 Å². The van der Waals surface area contributed by atoms with Gasteiger partial charge in [0.25, 0.3) is 0 Å². The van der Waals surface area contributed by atoms with Gasteiger partial charge >= 0.3 is 0 Å². The summed E-state index contributed by atoms with van der Waals surface area (Å²) in [4.78, 5) is 20.6. The number of aliphatic imine (C=N–C) groups is 1. The summed E-state index contributed by atoms with van der Waals surface area (Å²) in [5, 5.41) is 3.93. The van der Waals surface area contributed by atoms with Gasteiger partial charge in [0.1, 0.15) is 0 Å². The number of carbonyl (C=O) groups is 1. The molecule has 1 aromatic carbocycles. The third-order valence-corrected chi connectivity index (χ3v) is 4.56. The highest BCUT2D eigenvalue weighted by molar-refractivity contribution is 8.15. The van der Waals surface area contributed by atoms with Crippen molar-refractivity contribution in [3.8, 4) is 0 Å². The lowest BCUT2D eigenvalue weighted by Crippen LogP contribution is -2.25. The molecule has 0 saturated carbocycles. The summed E-state index contributed by atoms with van der Waals surface area (Å²) in [5.74, 6) is 0.585. The minimum atomic E-state index is -0.176. The highest BCUT2D eigenvalue weighted by atomic mass is 35.5. The minimum Gasteiger partial charge on any atom is -0.304 e. The van der Waals surface area contributed by atoms with E-state index in [1.807, 2.05) is 43.3 Å². The summed E-state index contributed by atoms with van der Waals surface area (Å²) in [6, 6.07) is 11.3. The normalized spacial score (nSPS) is 19.5. The molecule has 0 spiro atoms. The Morgan fingerprint density at radius 3 is 2.82 bits per heavy atom. The van der Waals surface area contributed by atoms with Crippen LogP contribution in [-0.4, -0.2) is 21.3 Å². The lowest BCUT2D eigenvalue weighted by Gasteiger charge is -2.05. The molecule has 2 heterocycles. The minimum absolute atomic E-state index is 0.0219. The molecule has 1 N–H and O–H groups in total. The zero-order valence-electron chi connectivity index (χ0n) is 11.9. The Morgan fingerprint density at radius 1 is 1.32 bits per heavy atom. The van der Waals surface area contributed by atoms with Gasteiger partial charge in [0, 0.05) is 11.2 Å². The van der Waals surface area contributed by atoms with Crippen molar-refractivity contribution in [3.63, 3.8) is 0 Å². The molecule has 3 rings (SSSR count). The van der Waals surface area contributed by atoms with Crippen LogP contribution in [0.1, 0.15) is 11.1 Å². The third-order valence-electron chi connectivity index (χ3n) is 3.23. The second-order valence-corrected chi connectivity index (χ2v) is 6.66. The molecule has 1 aromatic heterocycles. The maximum atomic E-state index is 12.1. The van der Waals surface area contributed by atoms with Crippen molar-refractivity contribution in [2.75, 3.05) is 0 Å². The number of benzene rings is 1. The smallest absolute Gasteiger partial charge is 0.239 e. The maximum absolute atomic E-state index is 12.1. The topological polar surface area (TPSA) is 54.4 Å². The highest BCUT2D eigenvalue weighted by Gasteiger charge is 2.30. The Balaban J connectivity index is 1.71. The van der Waals surface area contributed by atoms with E-state index in [4.69, 9.17) is 11.6 Å². The largest absolute Gasteiger partial charge is 0.304 e. The summed E-state index contributed by atoms with van der Waals surface area (Å²) in [6.45, 7) is 1.98. The number of carbonyl (C=O) groups excluding carboxylic acids is 1. The van der Waals surface area contributed by atoms with Gasteiger partial charge in [-0.2, -0.15) is 0 Å². The van der Waals surface area contributed by atoms with Crippen LogP contribution in [0.5, 0.6) is 0 Å². The van der Waals surface area contributed by atoms with Crippen molar-refractivity contribution in [1.29, 1.82) is 0 Å². The Kier molecular flexibility index (Phi) is 4.45. The molecule has 1 aliphatic rings. The van der Waals surface area contributed by atoms with Crippen molar-refractivity contribution < 1.29 is 4.79 Å². The van der Waals surface area contributed by atoms with Crippen LogP contribution < -0.4 is 5.32 Å². The fourth-order valence-electron chi connectivity index (χ4n) is 2.11. The van der Waals surface area contributed by atoms with Gasteiger partial charge in [0.15, 0.2) is 11.0 Å². The van der Waals surface area contributed by atoms with Crippen LogP contribution in [0.15, 0.2) is 47.6 Å². The molecule has 1 atom stereocenters. The van der Waals surface area contributed by atoms with Gasteiger partial charge in [0.2, 0.25) is 5.91 Å². The van der Waals surface area contributed by atoms with E-state index < -0.39 is 0 Å². The fraction of sp³-hybridized carbons (Fsp3) is 0.188. The van der Waals surface area contributed by atoms with Crippen molar-refractivity contribution in [3.05, 3.63) is 58.7 Å². The molecule has 1 unspecified atom stereocenters. The molecule has 1 amide bonds. The first-order valence-electron chi connectivity index (χ1n) is 6.83. The number of thioether (sulfide) groups is 1. The molecule has 112 valence electrons. The Morgan fingerprint density at radius 2 is 2.09 bits per heavy atom. The van der Waals surface area contributed by atoms with Crippen molar-refractivity contribution in [2.45, 2.75) is 18.6 Å². The second-order valence-electron chi connectivity index (χ2n) is 5.03. The van der Waals surface area contributed by atoms with Gasteiger partial charge in [-0.1, -0.05) is 35.5 Å². The summed E-state index contributed by atoms with van der Waals surface area (Å²) < 4.78 is 0. The maximum Gasteiger partial charge on any atom is 0.239 e. The molecule has 1 saturated heterocycles. The second kappa shape index (κ2) is 6.50. The van der Waals surface area contributed by atoms with Crippen LogP contribution in [-0.2, 0) is 11.2 Å². The molecular formula is C16H14ClN3OS. The van der Waals surface area contributed by atoms with Crippen LogP contribution in [0.25, 0.3) is 0 Å². The number of hydrogen-bond acceptors (Lipinski definition) is 4. The average molecular weight is 332 g/mol. The molecule has 0 bridgehead atoms. The first-order valence-corrected chi connectivity index (χ1v) is 8.09. The number of hydrogen-bond donors (Lipinski definition) is 1. The van der Waals surface area contributed by atoms with E-state index in [1.165, 1.54) is 11.8 Å². The van der Waals surface area contributed by atoms with Crippen LogP contribution in [0, 0.1) is 6.92 Å². The van der Waals surface area contributed by atoms with E-state index in [-0.39, 0.29) is 11.2 Å². The lowest BCUT2D eigenvalue weighted by atomic mass is 10.1. The number of nitrogens with one attached hydrogen (secondary N) is 1. The summed E-state index contributed by atoms with van der Waals surface area (Å²) >= 11 is 7.31. The molecule has 0 aliphatic carbocycles. The average Bonchev–Trinajstić information content (AvgIpc) is 2.81. The molecular weight excluding hydrogens is 318 g/mol. The zero-order chi connectivity index (χ0) is 15.5. The number of amidine groups is 1. The number of rotatable bonds is 3. The molecule has 6 heteroatoms. The van der Waals surface area contributed by atoms with Gasteiger partial charge < -0.3 is 5.32 Å². The van der Waals surface area contributed by atoms with Crippen LogP contribution in [0.3, 0.4) is 0 Å². The standard InChI is InChI=1S/C16H14ClN3OS/c1-10-6-7-18-14(8-10)19-16-20-15(21)13(22-16)9-11-2-4-12(17)5-3-11/h2-8,13H,9H2,1H3,(H,18,19,20,21). The van der Waals surface area contributed by atoms with E-state index >= 15 is 0 Å². The van der Waals surface area contributed by atoms with Gasteiger partial charge in [0.05, 0.1) is 5.25 Å². The number of aromatic nitrogens is 1. The summed E-state index contributed by atoms with van der Waals surface area (Å²) in [6.07, 6.45) is 2.36. The summed E-state index contributed by atoms with van der Waals surface area (Å²) in [7, 11) is 0. The van der Waals surface area contributed by atoms with Gasteiger partial charge in [-0.15, -0.1) is 0 Å². The van der Waals surface area contributed by atoms with Crippen LogP contribution in [0.4, 0.5) is 5.82 Å². The van der Waals surface area contributed by atoms with Gasteiger partial charge in [-0.3, -0.25) is 4.79 Å². The van der Waals surface area contributed by atoms with E-state index in [0.29, 0.717) is 22.4 Å². The monoisotopic (exact) mass is 331 g/mol. The van der Waals surface area contributed by atoms with Crippen molar-refractivity contribution in [1.82, 2.24) is 10.3 Å². The summed E-state index contributed by atoms with van der Waals surface area (Å²) in [5.41, 5.74) is 2.16. The van der Waals surface area contributed by atoms with E-state index in [9.17, 15) is 4.79 Å². The van der Waals surface area contributed by atoms with E-state index in [1.54, 1.807) is 6.20 Å². The predicted molar refractivity (Wildman–Crippen MR) is 90.7 cm³/mol. The van der Waals surface area contributed by atoms with Gasteiger partial charge in [-0.25, -0.2) is 9.98 Å². The van der Waals surface area contributed by atoms with Crippen LogP contribution >= 0.6 is 23.4 Å². The molecule has 2 aromatic rings. The third kappa shape index (κ3) is 3.67. The van der Waals surface area contributed by atoms with E-state index in [2.05, 4.69) is 15.3 Å². The van der Waals surface area contributed by atoms with Gasteiger partial charge in [-0.05, 0) is 48.7 Å². The molecule has 1 aliphatic heterocycles. The first-order chi connectivity index (χ1) is 10.6.